The van der Waals surface area contributed by atoms with Crippen LogP contribution in [0.5, 0.6) is 5.75 Å². The van der Waals surface area contributed by atoms with E-state index >= 15 is 0 Å². The van der Waals surface area contributed by atoms with Crippen molar-refractivity contribution in [3.05, 3.63) is 59.7 Å². The Morgan fingerprint density at radius 1 is 0.846 bits per heavy atom. The average molecular weight is 352 g/mol. The van der Waals surface area contributed by atoms with Gasteiger partial charge in [-0.1, -0.05) is 50.2 Å². The van der Waals surface area contributed by atoms with E-state index in [0.29, 0.717) is 12.5 Å². The smallest absolute Gasteiger partial charge is 0.489 e. The highest BCUT2D eigenvalue weighted by Crippen LogP contribution is 2.36. The fourth-order valence-corrected chi connectivity index (χ4v) is 2.87. The third-order valence-electron chi connectivity index (χ3n) is 5.46. The van der Waals surface area contributed by atoms with E-state index in [2.05, 4.69) is 65.8 Å². The standard InChI is InChI=1S/C22H29BO3/c1-16(2)18-9-7-17(8-10-18)15-24-20-13-11-19(12-14-20)23-25-21(3,4)22(5,6)26-23/h7-14,16H,15H2,1-6H3. The average Bonchev–Trinajstić information content (AvgIpc) is 2.81. The minimum atomic E-state index is -0.336. The first kappa shape index (κ1) is 19.0. The Kier molecular flexibility index (Phi) is 5.18. The molecule has 3 rings (SSSR count). The molecule has 26 heavy (non-hydrogen) atoms. The van der Waals surface area contributed by atoms with E-state index in [0.717, 1.165) is 11.2 Å². The zero-order valence-electron chi connectivity index (χ0n) is 16.7. The van der Waals surface area contributed by atoms with Crippen molar-refractivity contribution in [1.29, 1.82) is 0 Å². The molecular weight excluding hydrogens is 323 g/mol. The van der Waals surface area contributed by atoms with Gasteiger partial charge in [-0.3, -0.25) is 0 Å². The second-order valence-corrected chi connectivity index (χ2v) is 8.34. The van der Waals surface area contributed by atoms with Gasteiger partial charge in [-0.05, 0) is 62.3 Å². The lowest BCUT2D eigenvalue weighted by molar-refractivity contribution is 0.00578. The molecule has 0 aromatic heterocycles. The molecule has 0 unspecified atom stereocenters. The maximum atomic E-state index is 6.09. The van der Waals surface area contributed by atoms with Crippen LogP contribution in [-0.4, -0.2) is 18.3 Å². The summed E-state index contributed by atoms with van der Waals surface area (Å²) in [6.45, 7) is 13.2. The molecule has 1 aliphatic heterocycles. The molecule has 3 nitrogen and oxygen atoms in total. The van der Waals surface area contributed by atoms with Gasteiger partial charge in [0, 0.05) is 0 Å². The number of ether oxygens (including phenoxy) is 1. The molecule has 138 valence electrons. The summed E-state index contributed by atoms with van der Waals surface area (Å²) in [7, 11) is -0.336. The minimum absolute atomic E-state index is 0.324. The van der Waals surface area contributed by atoms with Crippen LogP contribution in [0.25, 0.3) is 0 Å². The summed E-state index contributed by atoms with van der Waals surface area (Å²) in [5, 5.41) is 0. The molecular formula is C22H29BO3. The lowest BCUT2D eigenvalue weighted by atomic mass is 9.79. The van der Waals surface area contributed by atoms with Crippen molar-refractivity contribution >= 4 is 12.6 Å². The molecule has 0 atom stereocenters. The lowest BCUT2D eigenvalue weighted by Crippen LogP contribution is -2.41. The van der Waals surface area contributed by atoms with E-state index in [4.69, 9.17) is 14.0 Å². The third-order valence-corrected chi connectivity index (χ3v) is 5.46. The molecule has 0 radical (unpaired) electrons. The zero-order chi connectivity index (χ0) is 18.9. The maximum absolute atomic E-state index is 6.09. The summed E-state index contributed by atoms with van der Waals surface area (Å²) in [5.74, 6) is 1.39. The van der Waals surface area contributed by atoms with Crippen molar-refractivity contribution in [2.45, 2.75) is 65.3 Å². The second kappa shape index (κ2) is 7.09. The fraction of sp³-hybridized carbons (Fsp3) is 0.455. The van der Waals surface area contributed by atoms with Crippen LogP contribution in [-0.2, 0) is 15.9 Å². The van der Waals surface area contributed by atoms with Crippen LogP contribution in [0.4, 0.5) is 0 Å². The van der Waals surface area contributed by atoms with Crippen molar-refractivity contribution in [3.63, 3.8) is 0 Å². The summed E-state index contributed by atoms with van der Waals surface area (Å²) in [5.41, 5.74) is 2.88. The molecule has 1 fully saturated rings. The molecule has 0 spiro atoms. The fourth-order valence-electron chi connectivity index (χ4n) is 2.87. The normalized spacial score (nSPS) is 18.3. The highest BCUT2D eigenvalue weighted by molar-refractivity contribution is 6.62. The highest BCUT2D eigenvalue weighted by atomic mass is 16.7. The van der Waals surface area contributed by atoms with Gasteiger partial charge in [0.05, 0.1) is 11.2 Å². The number of hydrogen-bond acceptors (Lipinski definition) is 3. The molecule has 1 saturated heterocycles. The van der Waals surface area contributed by atoms with Crippen LogP contribution >= 0.6 is 0 Å². The molecule has 1 heterocycles. The van der Waals surface area contributed by atoms with Crippen molar-refractivity contribution in [1.82, 2.24) is 0 Å². The van der Waals surface area contributed by atoms with Gasteiger partial charge in [0.25, 0.3) is 0 Å². The van der Waals surface area contributed by atoms with E-state index < -0.39 is 0 Å². The number of hydrogen-bond donors (Lipinski definition) is 0. The Balaban J connectivity index is 1.60. The van der Waals surface area contributed by atoms with Crippen LogP contribution in [0.2, 0.25) is 0 Å². The summed E-state index contributed by atoms with van der Waals surface area (Å²) in [6, 6.07) is 16.6. The quantitative estimate of drug-likeness (QED) is 0.731. The van der Waals surface area contributed by atoms with Gasteiger partial charge in [-0.25, -0.2) is 0 Å². The minimum Gasteiger partial charge on any atom is -0.489 e. The van der Waals surface area contributed by atoms with E-state index in [-0.39, 0.29) is 18.3 Å². The van der Waals surface area contributed by atoms with Gasteiger partial charge in [0.1, 0.15) is 12.4 Å². The Morgan fingerprint density at radius 3 is 1.88 bits per heavy atom. The van der Waals surface area contributed by atoms with Gasteiger partial charge < -0.3 is 14.0 Å². The summed E-state index contributed by atoms with van der Waals surface area (Å²) < 4.78 is 18.1. The molecule has 0 saturated carbocycles. The number of benzene rings is 2. The topological polar surface area (TPSA) is 27.7 Å². The van der Waals surface area contributed by atoms with Crippen molar-refractivity contribution in [2.75, 3.05) is 0 Å². The van der Waals surface area contributed by atoms with Crippen LogP contribution < -0.4 is 10.2 Å². The van der Waals surface area contributed by atoms with Crippen LogP contribution in [0, 0.1) is 0 Å². The van der Waals surface area contributed by atoms with E-state index in [9.17, 15) is 0 Å². The second-order valence-electron chi connectivity index (χ2n) is 8.34. The van der Waals surface area contributed by atoms with Crippen LogP contribution in [0.1, 0.15) is 58.6 Å². The highest BCUT2D eigenvalue weighted by Gasteiger charge is 2.51. The van der Waals surface area contributed by atoms with Crippen LogP contribution in [0.3, 0.4) is 0 Å². The first-order chi connectivity index (χ1) is 12.2. The molecule has 2 aromatic rings. The Hall–Kier alpha value is -1.78. The van der Waals surface area contributed by atoms with Gasteiger partial charge >= 0.3 is 7.12 Å². The first-order valence-corrected chi connectivity index (χ1v) is 9.35. The summed E-state index contributed by atoms with van der Waals surface area (Å²) >= 11 is 0. The zero-order valence-corrected chi connectivity index (χ0v) is 16.7. The van der Waals surface area contributed by atoms with Crippen LogP contribution in [0.15, 0.2) is 48.5 Å². The van der Waals surface area contributed by atoms with Gasteiger partial charge in [-0.2, -0.15) is 0 Å². The largest absolute Gasteiger partial charge is 0.494 e. The molecule has 0 bridgehead atoms. The molecule has 1 aliphatic rings. The van der Waals surface area contributed by atoms with Gasteiger partial charge in [0.2, 0.25) is 0 Å². The molecule has 0 aliphatic carbocycles. The Labute approximate surface area is 157 Å². The predicted octanol–water partition coefficient (Wildman–Crippen LogP) is 4.69. The molecule has 0 N–H and O–H groups in total. The summed E-state index contributed by atoms with van der Waals surface area (Å²) in [6.07, 6.45) is 0. The van der Waals surface area contributed by atoms with Crippen molar-refractivity contribution < 1.29 is 14.0 Å². The van der Waals surface area contributed by atoms with Gasteiger partial charge in [0.15, 0.2) is 0 Å². The van der Waals surface area contributed by atoms with Crippen molar-refractivity contribution in [2.24, 2.45) is 0 Å². The first-order valence-electron chi connectivity index (χ1n) is 9.35. The number of rotatable bonds is 5. The Morgan fingerprint density at radius 2 is 1.38 bits per heavy atom. The lowest BCUT2D eigenvalue weighted by Gasteiger charge is -2.32. The maximum Gasteiger partial charge on any atom is 0.494 e. The molecule has 2 aromatic carbocycles. The monoisotopic (exact) mass is 352 g/mol. The van der Waals surface area contributed by atoms with E-state index in [1.54, 1.807) is 0 Å². The predicted molar refractivity (Wildman–Crippen MR) is 107 cm³/mol. The summed E-state index contributed by atoms with van der Waals surface area (Å²) in [4.78, 5) is 0. The SMILES string of the molecule is CC(C)c1ccc(COc2ccc(B3OC(C)(C)C(C)(C)O3)cc2)cc1. The molecule has 0 amide bonds. The molecule has 4 heteroatoms. The van der Waals surface area contributed by atoms with E-state index in [1.807, 2.05) is 24.3 Å². The van der Waals surface area contributed by atoms with Gasteiger partial charge in [-0.15, -0.1) is 0 Å². The van der Waals surface area contributed by atoms with E-state index in [1.165, 1.54) is 11.1 Å². The van der Waals surface area contributed by atoms with Crippen molar-refractivity contribution in [3.8, 4) is 5.75 Å². The Bertz CT molecular complexity index is 717. The third kappa shape index (κ3) is 3.97.